The summed E-state index contributed by atoms with van der Waals surface area (Å²) in [6.45, 7) is 2.92. The first-order valence-corrected chi connectivity index (χ1v) is 10.2. The molecular formula is C17H16F3N5O4S. The first kappa shape index (κ1) is 20.5. The zero-order chi connectivity index (χ0) is 21.8. The van der Waals surface area contributed by atoms with E-state index in [9.17, 15) is 26.7 Å². The molecule has 0 radical (unpaired) electrons. The molecule has 160 valence electrons. The highest BCUT2D eigenvalue weighted by Crippen LogP contribution is 2.31. The van der Waals surface area contributed by atoms with Crippen molar-refractivity contribution in [3.63, 3.8) is 0 Å². The SMILES string of the molecule is Cc1noc(C)c1[S+](=O)([O-])N1CCn2c(nn(-c3ccc(C(F)(F)F)cc3)c2=O)C1. The van der Waals surface area contributed by atoms with Gasteiger partial charge in [-0.25, -0.2) is 4.79 Å². The maximum atomic E-state index is 13.0. The Bertz CT molecular complexity index is 1190. The highest BCUT2D eigenvalue weighted by Gasteiger charge is 2.40. The number of halogens is 3. The minimum absolute atomic E-state index is 0.0258. The lowest BCUT2D eigenvalue weighted by atomic mass is 10.2. The number of fused-ring (bicyclic) bond motifs is 1. The molecule has 0 saturated carbocycles. The van der Waals surface area contributed by atoms with Crippen LogP contribution in [0.25, 0.3) is 5.69 Å². The molecular weight excluding hydrogens is 427 g/mol. The Kier molecular flexibility index (Phi) is 4.71. The smallest absolute Gasteiger partial charge is 0.416 e. The van der Waals surface area contributed by atoms with Gasteiger partial charge in [0.05, 0.1) is 17.8 Å². The Morgan fingerprint density at radius 1 is 1.17 bits per heavy atom. The molecule has 0 saturated heterocycles. The standard InChI is InChI=1S/C17H16F3N5O4S/c1-10-15(11(2)29-22-10)30(27,28)23-7-8-24-14(9-23)21-25(16(24)26)13-5-3-12(4-6-13)17(18,19)20/h3-6H,7-9H2,1-2H3. The van der Waals surface area contributed by atoms with Crippen LogP contribution in [0.3, 0.4) is 0 Å². The van der Waals surface area contributed by atoms with Crippen molar-refractivity contribution < 1.29 is 26.5 Å². The van der Waals surface area contributed by atoms with Gasteiger partial charge in [0.15, 0.2) is 22.0 Å². The molecule has 0 N–H and O–H groups in total. The molecule has 0 spiro atoms. The molecule has 2 aromatic heterocycles. The van der Waals surface area contributed by atoms with Crippen molar-refractivity contribution in [3.8, 4) is 5.69 Å². The van der Waals surface area contributed by atoms with E-state index in [0.29, 0.717) is 0 Å². The Hall–Kier alpha value is -2.77. The summed E-state index contributed by atoms with van der Waals surface area (Å²) < 4.78 is 72.6. The van der Waals surface area contributed by atoms with Gasteiger partial charge in [-0.2, -0.15) is 17.9 Å². The lowest BCUT2D eigenvalue weighted by molar-refractivity contribution is -0.137. The fourth-order valence-electron chi connectivity index (χ4n) is 3.36. The predicted molar refractivity (Wildman–Crippen MR) is 96.3 cm³/mol. The van der Waals surface area contributed by atoms with Crippen molar-refractivity contribution >= 4 is 10.4 Å². The maximum absolute atomic E-state index is 13.0. The van der Waals surface area contributed by atoms with E-state index < -0.39 is 27.8 Å². The number of hydrogen-bond donors (Lipinski definition) is 0. The normalized spacial score (nSPS) is 17.0. The second kappa shape index (κ2) is 6.89. The number of sulfonamides is 1. The summed E-state index contributed by atoms with van der Waals surface area (Å²) in [5, 5.41) is 7.81. The van der Waals surface area contributed by atoms with E-state index in [1.54, 1.807) is 0 Å². The molecule has 1 unspecified atom stereocenters. The van der Waals surface area contributed by atoms with Crippen LogP contribution in [0, 0.1) is 13.8 Å². The van der Waals surface area contributed by atoms with Gasteiger partial charge in [0.2, 0.25) is 4.90 Å². The fourth-order valence-corrected chi connectivity index (χ4v) is 5.04. The van der Waals surface area contributed by atoms with E-state index in [-0.39, 0.29) is 47.5 Å². The number of alkyl halides is 3. The van der Waals surface area contributed by atoms with Crippen molar-refractivity contribution in [3.05, 3.63) is 57.6 Å². The van der Waals surface area contributed by atoms with Crippen LogP contribution in [-0.4, -0.2) is 34.9 Å². The minimum Gasteiger partial charge on any atom is -0.593 e. The molecule has 1 aliphatic rings. The average molecular weight is 443 g/mol. The molecule has 3 heterocycles. The van der Waals surface area contributed by atoms with Gasteiger partial charge in [-0.3, -0.25) is 4.57 Å². The lowest BCUT2D eigenvalue weighted by Crippen LogP contribution is -2.44. The van der Waals surface area contributed by atoms with Gasteiger partial charge in [-0.05, 0) is 31.2 Å². The second-order valence-electron chi connectivity index (χ2n) is 6.80. The number of hydrogen-bond acceptors (Lipinski definition) is 6. The third-order valence-corrected chi connectivity index (χ3v) is 6.93. The fraction of sp³-hybridized carbons (Fsp3) is 0.353. The van der Waals surface area contributed by atoms with Gasteiger partial charge in [-0.1, -0.05) is 9.37 Å². The quantitative estimate of drug-likeness (QED) is 0.574. The Morgan fingerprint density at radius 2 is 1.83 bits per heavy atom. The summed E-state index contributed by atoms with van der Waals surface area (Å²) in [7, 11) is -3.93. The molecule has 0 amide bonds. The van der Waals surface area contributed by atoms with Crippen molar-refractivity contribution in [1.29, 1.82) is 0 Å². The number of rotatable bonds is 3. The first-order chi connectivity index (χ1) is 14.0. The van der Waals surface area contributed by atoms with E-state index in [0.717, 1.165) is 28.9 Å². The summed E-state index contributed by atoms with van der Waals surface area (Å²) in [5.41, 5.74) is -1.03. The number of aryl methyl sites for hydroxylation is 2. The molecule has 1 aliphatic heterocycles. The molecule has 1 atom stereocenters. The van der Waals surface area contributed by atoms with E-state index in [4.69, 9.17) is 4.52 Å². The molecule has 9 nitrogen and oxygen atoms in total. The van der Waals surface area contributed by atoms with Gasteiger partial charge < -0.3 is 9.08 Å². The van der Waals surface area contributed by atoms with Crippen LogP contribution in [0.15, 0.2) is 38.5 Å². The maximum Gasteiger partial charge on any atom is 0.416 e. The molecule has 3 aromatic rings. The largest absolute Gasteiger partial charge is 0.593 e. The van der Waals surface area contributed by atoms with E-state index in [1.807, 2.05) is 0 Å². The average Bonchev–Trinajstić information content (AvgIpc) is 3.20. The van der Waals surface area contributed by atoms with Crippen LogP contribution < -0.4 is 5.69 Å². The van der Waals surface area contributed by atoms with E-state index in [1.165, 1.54) is 22.7 Å². The van der Waals surface area contributed by atoms with Crippen LogP contribution in [0.4, 0.5) is 13.2 Å². The minimum atomic E-state index is -4.50. The molecule has 4 rings (SSSR count). The third-order valence-electron chi connectivity index (χ3n) is 4.83. The van der Waals surface area contributed by atoms with Crippen LogP contribution in [0.5, 0.6) is 0 Å². The van der Waals surface area contributed by atoms with Crippen LogP contribution in [-0.2, 0) is 33.9 Å². The van der Waals surface area contributed by atoms with Crippen molar-refractivity contribution in [2.45, 2.75) is 38.0 Å². The Labute approximate surface area is 169 Å². The third kappa shape index (κ3) is 3.28. The number of aromatic nitrogens is 4. The van der Waals surface area contributed by atoms with Crippen molar-refractivity contribution in [2.75, 3.05) is 6.54 Å². The predicted octanol–water partition coefficient (Wildman–Crippen LogP) is 2.08. The summed E-state index contributed by atoms with van der Waals surface area (Å²) >= 11 is 0. The molecule has 13 heteroatoms. The highest BCUT2D eigenvalue weighted by molar-refractivity contribution is 7.95. The monoisotopic (exact) mass is 443 g/mol. The van der Waals surface area contributed by atoms with Gasteiger partial charge in [0.25, 0.3) is 0 Å². The van der Waals surface area contributed by atoms with E-state index >= 15 is 0 Å². The highest BCUT2D eigenvalue weighted by atomic mass is 32.3. The summed E-state index contributed by atoms with van der Waals surface area (Å²) in [6, 6.07) is 3.99. The molecule has 30 heavy (non-hydrogen) atoms. The molecule has 0 fully saturated rings. The van der Waals surface area contributed by atoms with Crippen molar-refractivity contribution in [2.24, 2.45) is 0 Å². The van der Waals surface area contributed by atoms with Gasteiger partial charge in [-0.15, -0.1) is 9.40 Å². The topological polar surface area (TPSA) is 109 Å². The summed E-state index contributed by atoms with van der Waals surface area (Å²) in [5.74, 6) is 0.340. The van der Waals surface area contributed by atoms with Gasteiger partial charge in [0.1, 0.15) is 12.2 Å². The van der Waals surface area contributed by atoms with Crippen LogP contribution >= 0.6 is 0 Å². The van der Waals surface area contributed by atoms with E-state index in [2.05, 4.69) is 10.3 Å². The van der Waals surface area contributed by atoms with Crippen LogP contribution in [0.2, 0.25) is 0 Å². The summed E-state index contributed by atoms with van der Waals surface area (Å²) in [4.78, 5) is 12.6. The second-order valence-corrected chi connectivity index (χ2v) is 8.67. The molecule has 0 bridgehead atoms. The number of benzene rings is 1. The number of nitrogens with zero attached hydrogens (tertiary/aromatic N) is 5. The van der Waals surface area contributed by atoms with Gasteiger partial charge in [0, 0.05) is 13.5 Å². The Balaban J connectivity index is 1.66. The summed E-state index contributed by atoms with van der Waals surface area (Å²) in [6.07, 6.45) is -4.50. The molecule has 1 aromatic carbocycles. The zero-order valence-corrected chi connectivity index (χ0v) is 16.7. The zero-order valence-electron chi connectivity index (χ0n) is 15.8. The van der Waals surface area contributed by atoms with Crippen molar-refractivity contribution in [1.82, 2.24) is 23.8 Å². The first-order valence-electron chi connectivity index (χ1n) is 8.79. The van der Waals surface area contributed by atoms with Gasteiger partial charge >= 0.3 is 11.9 Å². The lowest BCUT2D eigenvalue weighted by Gasteiger charge is -2.29. The Morgan fingerprint density at radius 3 is 2.40 bits per heavy atom. The molecule has 0 aliphatic carbocycles. The van der Waals surface area contributed by atoms with Crippen LogP contribution in [0.1, 0.15) is 22.8 Å².